The van der Waals surface area contributed by atoms with Crippen molar-refractivity contribution in [1.82, 2.24) is 4.98 Å². The second kappa shape index (κ2) is 4.82. The summed E-state index contributed by atoms with van der Waals surface area (Å²) in [6.45, 7) is 0. The average molecular weight is 199 g/mol. The van der Waals surface area contributed by atoms with Crippen molar-refractivity contribution in [3.8, 4) is 0 Å². The van der Waals surface area contributed by atoms with Crippen LogP contribution in [0.5, 0.6) is 0 Å². The van der Waals surface area contributed by atoms with E-state index in [1.165, 1.54) is 12.8 Å². The molecule has 1 heterocycles. The molecule has 70 valence electrons. The van der Waals surface area contributed by atoms with Crippen molar-refractivity contribution >= 4 is 18.0 Å². The number of halogens is 1. The van der Waals surface area contributed by atoms with Crippen LogP contribution in [0.2, 0.25) is 5.02 Å². The highest BCUT2D eigenvalue weighted by molar-refractivity contribution is 6.30. The lowest BCUT2D eigenvalue weighted by Crippen LogP contribution is -1.82. The van der Waals surface area contributed by atoms with E-state index in [9.17, 15) is 0 Å². The average Bonchev–Trinajstić information content (AvgIpc) is 2.87. The Morgan fingerprint density at radius 1 is 1.62 bits per heavy atom. The highest BCUT2D eigenvalue weighted by atomic mass is 35.5. The predicted molar refractivity (Wildman–Crippen MR) is 51.5 cm³/mol. The molecule has 0 saturated heterocycles. The molecule has 1 fully saturated rings. The fraction of sp³-hybridized carbons (Fsp3) is 0.333. The van der Waals surface area contributed by atoms with Crippen molar-refractivity contribution in [2.45, 2.75) is 18.8 Å². The van der Waals surface area contributed by atoms with E-state index in [0.717, 1.165) is 10.7 Å². The number of nitrogens with zero attached hydrogens (tertiary/aromatic N) is 1. The molecule has 2 N–H and O–H groups in total. The van der Waals surface area contributed by atoms with Crippen LogP contribution in [-0.4, -0.2) is 11.4 Å². The van der Waals surface area contributed by atoms with E-state index in [1.807, 2.05) is 12.1 Å². The summed E-state index contributed by atoms with van der Waals surface area (Å²) in [5.74, 6) is 0.707. The molecule has 0 aliphatic heterocycles. The van der Waals surface area contributed by atoms with E-state index in [2.05, 4.69) is 10.7 Å². The van der Waals surface area contributed by atoms with Crippen LogP contribution in [0.15, 0.2) is 18.3 Å². The van der Waals surface area contributed by atoms with Gasteiger partial charge in [0, 0.05) is 22.8 Å². The first-order valence-corrected chi connectivity index (χ1v) is 4.42. The smallest absolute Gasteiger partial charge is 0.204 e. The lowest BCUT2D eigenvalue weighted by atomic mass is 10.2. The lowest BCUT2D eigenvalue weighted by molar-refractivity contribution is -0.106. The van der Waals surface area contributed by atoms with E-state index < -0.39 is 0 Å². The third-order valence-electron chi connectivity index (χ3n) is 1.74. The number of hydrogen-bond acceptors (Lipinski definition) is 2. The van der Waals surface area contributed by atoms with Gasteiger partial charge in [0.15, 0.2) is 0 Å². The lowest BCUT2D eigenvalue weighted by Gasteiger charge is -1.94. The minimum Gasteiger partial charge on any atom is -0.372 e. The number of hydrogen-bond donors (Lipinski definition) is 1. The molecule has 1 aromatic heterocycles. The number of aromatic nitrogens is 1. The molecule has 1 amide bonds. The van der Waals surface area contributed by atoms with E-state index >= 15 is 0 Å². The Hall–Kier alpha value is -1.09. The number of nitrogens with two attached hydrogens (primary N) is 1. The zero-order valence-corrected chi connectivity index (χ0v) is 7.87. The van der Waals surface area contributed by atoms with Gasteiger partial charge in [0.05, 0.1) is 0 Å². The molecule has 0 atom stereocenters. The van der Waals surface area contributed by atoms with Crippen molar-refractivity contribution in [2.24, 2.45) is 5.73 Å². The Morgan fingerprint density at radius 2 is 2.23 bits per heavy atom. The maximum absolute atomic E-state index is 8.58. The van der Waals surface area contributed by atoms with E-state index in [4.69, 9.17) is 16.4 Å². The van der Waals surface area contributed by atoms with Gasteiger partial charge in [-0.25, -0.2) is 0 Å². The standard InChI is InChI=1S/C8H8ClN.CH3NO/c9-7-3-4-10-8(5-7)6-1-2-6;2-1-3/h3-6H,1-2H2;1H,(H2,2,3). The molecule has 0 radical (unpaired) electrons. The van der Waals surface area contributed by atoms with Crippen LogP contribution in [0, 0.1) is 0 Å². The second-order valence-electron chi connectivity index (χ2n) is 2.81. The van der Waals surface area contributed by atoms with Crippen LogP contribution in [0.4, 0.5) is 0 Å². The van der Waals surface area contributed by atoms with Crippen LogP contribution in [0.1, 0.15) is 24.5 Å². The van der Waals surface area contributed by atoms with Gasteiger partial charge in [-0.1, -0.05) is 11.6 Å². The number of carbonyl (C=O) groups is 1. The first-order valence-electron chi connectivity index (χ1n) is 4.04. The Kier molecular flexibility index (Phi) is 3.71. The molecule has 1 saturated carbocycles. The molecule has 3 nitrogen and oxygen atoms in total. The first-order chi connectivity index (χ1) is 6.27. The number of rotatable bonds is 1. The maximum atomic E-state index is 8.58. The molecule has 13 heavy (non-hydrogen) atoms. The Balaban J connectivity index is 0.000000251. The van der Waals surface area contributed by atoms with Gasteiger partial charge in [-0.05, 0) is 25.0 Å². The van der Waals surface area contributed by atoms with Gasteiger partial charge >= 0.3 is 0 Å². The zero-order chi connectivity index (χ0) is 9.68. The number of carbonyl (C=O) groups excluding carboxylic acids is 1. The molecule has 1 aliphatic rings. The molecular weight excluding hydrogens is 188 g/mol. The third-order valence-corrected chi connectivity index (χ3v) is 1.97. The minimum absolute atomic E-state index is 0.250. The summed E-state index contributed by atoms with van der Waals surface area (Å²) in [7, 11) is 0. The van der Waals surface area contributed by atoms with Crippen molar-refractivity contribution in [2.75, 3.05) is 0 Å². The van der Waals surface area contributed by atoms with Gasteiger partial charge in [-0.15, -0.1) is 0 Å². The molecule has 2 rings (SSSR count). The summed E-state index contributed by atoms with van der Waals surface area (Å²) in [5.41, 5.74) is 5.33. The predicted octanol–water partition coefficient (Wildman–Crippen LogP) is 1.71. The van der Waals surface area contributed by atoms with Crippen LogP contribution in [0.3, 0.4) is 0 Å². The summed E-state index contributed by atoms with van der Waals surface area (Å²) >= 11 is 5.78. The highest BCUT2D eigenvalue weighted by Crippen LogP contribution is 2.39. The van der Waals surface area contributed by atoms with E-state index in [-0.39, 0.29) is 6.41 Å². The Labute approximate surface area is 81.9 Å². The summed E-state index contributed by atoms with van der Waals surface area (Å²) in [6.07, 6.45) is 4.59. The quantitative estimate of drug-likeness (QED) is 0.699. The second-order valence-corrected chi connectivity index (χ2v) is 3.25. The van der Waals surface area contributed by atoms with Crippen molar-refractivity contribution in [1.29, 1.82) is 0 Å². The van der Waals surface area contributed by atoms with Crippen LogP contribution in [-0.2, 0) is 4.79 Å². The SMILES string of the molecule is Clc1ccnc(C2CC2)c1.NC=O. The van der Waals surface area contributed by atoms with Gasteiger partial charge in [-0.3, -0.25) is 9.78 Å². The van der Waals surface area contributed by atoms with Crippen LogP contribution in [0.25, 0.3) is 0 Å². The Bertz CT molecular complexity index is 287. The molecule has 1 aromatic rings. The van der Waals surface area contributed by atoms with Gasteiger partial charge in [0.25, 0.3) is 0 Å². The topological polar surface area (TPSA) is 56.0 Å². The van der Waals surface area contributed by atoms with Gasteiger partial charge in [-0.2, -0.15) is 0 Å². The summed E-state index contributed by atoms with van der Waals surface area (Å²) < 4.78 is 0. The van der Waals surface area contributed by atoms with Gasteiger partial charge in [0.2, 0.25) is 6.41 Å². The molecule has 4 heteroatoms. The first kappa shape index (κ1) is 9.99. The largest absolute Gasteiger partial charge is 0.372 e. The molecular formula is C9H11ClN2O. The van der Waals surface area contributed by atoms with Crippen molar-refractivity contribution < 1.29 is 4.79 Å². The van der Waals surface area contributed by atoms with Gasteiger partial charge in [0.1, 0.15) is 0 Å². The van der Waals surface area contributed by atoms with E-state index in [1.54, 1.807) is 6.20 Å². The molecule has 0 spiro atoms. The molecule has 1 aliphatic carbocycles. The summed E-state index contributed by atoms with van der Waals surface area (Å²) in [5, 5.41) is 0.803. The normalized spacial score (nSPS) is 14.2. The number of pyridine rings is 1. The monoisotopic (exact) mass is 198 g/mol. The minimum atomic E-state index is 0.250. The highest BCUT2D eigenvalue weighted by Gasteiger charge is 2.24. The fourth-order valence-corrected chi connectivity index (χ4v) is 1.19. The molecule has 0 aromatic carbocycles. The van der Waals surface area contributed by atoms with Gasteiger partial charge < -0.3 is 5.73 Å². The molecule has 0 unspecified atom stereocenters. The number of amides is 1. The third kappa shape index (κ3) is 3.42. The molecule has 0 bridgehead atoms. The summed E-state index contributed by atoms with van der Waals surface area (Å²) in [6, 6.07) is 3.77. The van der Waals surface area contributed by atoms with Crippen LogP contribution < -0.4 is 5.73 Å². The van der Waals surface area contributed by atoms with Crippen molar-refractivity contribution in [3.05, 3.63) is 29.0 Å². The summed E-state index contributed by atoms with van der Waals surface area (Å²) in [4.78, 5) is 12.8. The maximum Gasteiger partial charge on any atom is 0.204 e. The fourth-order valence-electron chi connectivity index (χ4n) is 1.02. The number of primary amides is 1. The van der Waals surface area contributed by atoms with Crippen LogP contribution >= 0.6 is 11.6 Å². The van der Waals surface area contributed by atoms with E-state index in [0.29, 0.717) is 5.92 Å². The Morgan fingerprint density at radius 3 is 2.69 bits per heavy atom. The zero-order valence-electron chi connectivity index (χ0n) is 7.11. The van der Waals surface area contributed by atoms with Crippen molar-refractivity contribution in [3.63, 3.8) is 0 Å².